The Kier molecular flexibility index (Phi) is 8.85. The van der Waals surface area contributed by atoms with Gasteiger partial charge in [-0.25, -0.2) is 0 Å². The molecule has 4 rings (SSSR count). The highest BCUT2D eigenvalue weighted by molar-refractivity contribution is 5.96. The summed E-state index contributed by atoms with van der Waals surface area (Å²) in [6.07, 6.45) is 2.73. The Morgan fingerprint density at radius 3 is 2.32 bits per heavy atom. The van der Waals surface area contributed by atoms with Gasteiger partial charge in [0.1, 0.15) is 12.3 Å². The van der Waals surface area contributed by atoms with Crippen LogP contribution < -0.4 is 4.74 Å². The van der Waals surface area contributed by atoms with Gasteiger partial charge in [-0.05, 0) is 60.7 Å². The van der Waals surface area contributed by atoms with Crippen LogP contribution in [0.15, 0.2) is 79.0 Å². The summed E-state index contributed by atoms with van der Waals surface area (Å²) in [6, 6.07) is 23.5. The third kappa shape index (κ3) is 6.82. The highest BCUT2D eigenvalue weighted by Gasteiger charge is 2.23. The van der Waals surface area contributed by atoms with Gasteiger partial charge in [0, 0.05) is 42.3 Å². The van der Waals surface area contributed by atoms with E-state index in [4.69, 9.17) is 4.74 Å². The normalized spacial score (nSPS) is 11.1. The van der Waals surface area contributed by atoms with E-state index < -0.39 is 0 Å². The quantitative estimate of drug-likeness (QED) is 0.275. The zero-order valence-corrected chi connectivity index (χ0v) is 22.7. The van der Waals surface area contributed by atoms with Crippen molar-refractivity contribution in [2.45, 2.75) is 33.7 Å². The monoisotopic (exact) mass is 511 g/mol. The summed E-state index contributed by atoms with van der Waals surface area (Å²) in [5, 5.41) is 1.17. The first-order valence-electron chi connectivity index (χ1n) is 13.2. The van der Waals surface area contributed by atoms with Crippen LogP contribution in [-0.4, -0.2) is 53.3 Å². The standard InChI is InChI=1S/C32H37N3O3/c1-23(2)20-35(32(37)26-13-9-24(3)10-14-26)22-31(36)34(21-25-11-15-28(38-4)16-12-25)18-17-27-19-33-30-8-6-5-7-29(27)30/h5-16,19,23,33H,17-18,20-22H2,1-4H3. The van der Waals surface area contributed by atoms with Crippen molar-refractivity contribution < 1.29 is 14.3 Å². The summed E-state index contributed by atoms with van der Waals surface area (Å²) in [5.74, 6) is 0.825. The van der Waals surface area contributed by atoms with Crippen LogP contribution in [0, 0.1) is 12.8 Å². The summed E-state index contributed by atoms with van der Waals surface area (Å²) in [4.78, 5) is 34.1. The average Bonchev–Trinajstić information content (AvgIpc) is 3.33. The molecular weight excluding hydrogens is 474 g/mol. The van der Waals surface area contributed by atoms with Crippen LogP contribution in [0.2, 0.25) is 0 Å². The van der Waals surface area contributed by atoms with Crippen LogP contribution in [0.3, 0.4) is 0 Å². The number of ether oxygens (including phenoxy) is 1. The molecule has 1 aromatic heterocycles. The van der Waals surface area contributed by atoms with E-state index in [1.807, 2.05) is 78.7 Å². The molecular formula is C32H37N3O3. The van der Waals surface area contributed by atoms with E-state index in [1.54, 1.807) is 12.0 Å². The van der Waals surface area contributed by atoms with Crippen LogP contribution in [0.4, 0.5) is 0 Å². The van der Waals surface area contributed by atoms with Crippen molar-refractivity contribution in [1.82, 2.24) is 14.8 Å². The van der Waals surface area contributed by atoms with Crippen molar-refractivity contribution in [2.24, 2.45) is 5.92 Å². The largest absolute Gasteiger partial charge is 0.497 e. The second-order valence-electron chi connectivity index (χ2n) is 10.2. The molecule has 4 aromatic rings. The van der Waals surface area contributed by atoms with Gasteiger partial charge >= 0.3 is 0 Å². The van der Waals surface area contributed by atoms with E-state index in [9.17, 15) is 9.59 Å². The fraction of sp³-hybridized carbons (Fsp3) is 0.312. The number of amides is 2. The number of aromatic nitrogens is 1. The molecule has 1 N–H and O–H groups in total. The van der Waals surface area contributed by atoms with Gasteiger partial charge in [0.25, 0.3) is 5.91 Å². The van der Waals surface area contributed by atoms with Crippen LogP contribution >= 0.6 is 0 Å². The molecule has 0 saturated carbocycles. The third-order valence-electron chi connectivity index (χ3n) is 6.71. The minimum Gasteiger partial charge on any atom is -0.497 e. The van der Waals surface area contributed by atoms with E-state index in [2.05, 4.69) is 31.0 Å². The summed E-state index contributed by atoms with van der Waals surface area (Å²) in [7, 11) is 1.64. The molecule has 0 radical (unpaired) electrons. The number of carbonyl (C=O) groups is 2. The maximum Gasteiger partial charge on any atom is 0.254 e. The number of para-hydroxylation sites is 1. The first kappa shape index (κ1) is 27.0. The first-order chi connectivity index (χ1) is 18.3. The van der Waals surface area contributed by atoms with Crippen molar-refractivity contribution >= 4 is 22.7 Å². The second kappa shape index (κ2) is 12.5. The lowest BCUT2D eigenvalue weighted by Crippen LogP contribution is -2.44. The Labute approximate surface area is 225 Å². The van der Waals surface area contributed by atoms with Gasteiger partial charge in [-0.15, -0.1) is 0 Å². The Morgan fingerprint density at radius 1 is 0.921 bits per heavy atom. The summed E-state index contributed by atoms with van der Waals surface area (Å²) in [5.41, 5.74) is 4.96. The van der Waals surface area contributed by atoms with Crippen LogP contribution in [0.1, 0.15) is 40.9 Å². The molecule has 0 fully saturated rings. The number of benzene rings is 3. The number of carbonyl (C=O) groups excluding carboxylic acids is 2. The molecule has 0 aliphatic rings. The number of hydrogen-bond donors (Lipinski definition) is 1. The lowest BCUT2D eigenvalue weighted by molar-refractivity contribution is -0.132. The van der Waals surface area contributed by atoms with E-state index >= 15 is 0 Å². The van der Waals surface area contributed by atoms with Crippen molar-refractivity contribution in [3.63, 3.8) is 0 Å². The van der Waals surface area contributed by atoms with E-state index in [0.29, 0.717) is 31.6 Å². The Hall–Kier alpha value is -4.06. The molecule has 0 spiro atoms. The fourth-order valence-corrected chi connectivity index (χ4v) is 4.64. The molecule has 0 atom stereocenters. The Balaban J connectivity index is 1.55. The maximum absolute atomic E-state index is 13.8. The van der Waals surface area contributed by atoms with Crippen molar-refractivity contribution in [3.8, 4) is 5.75 Å². The predicted molar refractivity (Wildman–Crippen MR) is 152 cm³/mol. The molecule has 0 aliphatic heterocycles. The SMILES string of the molecule is COc1ccc(CN(CCc2c[nH]c3ccccc23)C(=O)CN(CC(C)C)C(=O)c2ccc(C)cc2)cc1. The molecule has 198 valence electrons. The average molecular weight is 512 g/mol. The number of nitrogens with zero attached hydrogens (tertiary/aromatic N) is 2. The van der Waals surface area contributed by atoms with Crippen LogP contribution in [0.5, 0.6) is 5.75 Å². The topological polar surface area (TPSA) is 65.6 Å². The number of nitrogens with one attached hydrogen (secondary N) is 1. The smallest absolute Gasteiger partial charge is 0.254 e. The van der Waals surface area contributed by atoms with E-state index in [1.165, 1.54) is 10.9 Å². The highest BCUT2D eigenvalue weighted by atomic mass is 16.5. The van der Waals surface area contributed by atoms with Crippen LogP contribution in [0.25, 0.3) is 10.9 Å². The molecule has 1 heterocycles. The van der Waals surface area contributed by atoms with Gasteiger partial charge in [0.2, 0.25) is 5.91 Å². The highest BCUT2D eigenvalue weighted by Crippen LogP contribution is 2.20. The molecule has 6 nitrogen and oxygen atoms in total. The molecule has 0 aliphatic carbocycles. The van der Waals surface area contributed by atoms with Crippen molar-refractivity contribution in [3.05, 3.63) is 101 Å². The number of hydrogen-bond acceptors (Lipinski definition) is 3. The molecule has 38 heavy (non-hydrogen) atoms. The Morgan fingerprint density at radius 2 is 1.63 bits per heavy atom. The zero-order chi connectivity index (χ0) is 27.1. The molecule has 3 aromatic carbocycles. The van der Waals surface area contributed by atoms with Crippen molar-refractivity contribution in [2.75, 3.05) is 26.7 Å². The van der Waals surface area contributed by atoms with Gasteiger partial charge in [0.05, 0.1) is 7.11 Å². The molecule has 6 heteroatoms. The van der Waals surface area contributed by atoms with E-state index in [0.717, 1.165) is 22.4 Å². The summed E-state index contributed by atoms with van der Waals surface area (Å²) in [6.45, 7) is 7.67. The van der Waals surface area contributed by atoms with Gasteiger partial charge in [-0.2, -0.15) is 0 Å². The Bertz CT molecular complexity index is 1360. The van der Waals surface area contributed by atoms with Crippen molar-refractivity contribution in [1.29, 1.82) is 0 Å². The third-order valence-corrected chi connectivity index (χ3v) is 6.71. The number of rotatable bonds is 11. The summed E-state index contributed by atoms with van der Waals surface area (Å²) >= 11 is 0. The van der Waals surface area contributed by atoms with Gasteiger partial charge in [0.15, 0.2) is 0 Å². The lowest BCUT2D eigenvalue weighted by atomic mass is 10.1. The van der Waals surface area contributed by atoms with Gasteiger partial charge < -0.3 is 19.5 Å². The maximum atomic E-state index is 13.8. The minimum absolute atomic E-state index is 0.0366. The van der Waals surface area contributed by atoms with Crippen LogP contribution in [-0.2, 0) is 17.8 Å². The molecule has 0 saturated heterocycles. The minimum atomic E-state index is -0.118. The number of aromatic amines is 1. The fourth-order valence-electron chi connectivity index (χ4n) is 4.64. The first-order valence-corrected chi connectivity index (χ1v) is 13.2. The summed E-state index contributed by atoms with van der Waals surface area (Å²) < 4.78 is 5.30. The number of methoxy groups -OCH3 is 1. The van der Waals surface area contributed by atoms with E-state index in [-0.39, 0.29) is 24.3 Å². The lowest BCUT2D eigenvalue weighted by Gasteiger charge is -2.29. The molecule has 0 bridgehead atoms. The predicted octanol–water partition coefficient (Wildman–Crippen LogP) is 5.85. The van der Waals surface area contributed by atoms with Gasteiger partial charge in [-0.1, -0.05) is 61.9 Å². The zero-order valence-electron chi connectivity index (χ0n) is 22.7. The number of aryl methyl sites for hydroxylation is 1. The number of H-pyrrole nitrogens is 1. The second-order valence-corrected chi connectivity index (χ2v) is 10.2. The molecule has 2 amide bonds. The molecule has 0 unspecified atom stereocenters. The number of fused-ring (bicyclic) bond motifs is 1. The van der Waals surface area contributed by atoms with Gasteiger partial charge in [-0.3, -0.25) is 9.59 Å².